The summed E-state index contributed by atoms with van der Waals surface area (Å²) in [5, 5.41) is 9.87. The second-order valence-corrected chi connectivity index (χ2v) is 8.55. The van der Waals surface area contributed by atoms with Gasteiger partial charge in [-0.3, -0.25) is 9.78 Å². The van der Waals surface area contributed by atoms with Crippen LogP contribution in [0.4, 0.5) is 13.2 Å². The predicted molar refractivity (Wildman–Crippen MR) is 107 cm³/mol. The molecule has 8 nitrogen and oxygen atoms in total. The lowest BCUT2D eigenvalue weighted by Crippen LogP contribution is -2.66. The Labute approximate surface area is 186 Å². The minimum absolute atomic E-state index is 0.000466. The number of likely N-dealkylation sites (tertiary alicyclic amines) is 1. The number of carboxylic acid groups (broad SMARTS) is 1. The number of ether oxygens (including phenoxy) is 2. The summed E-state index contributed by atoms with van der Waals surface area (Å²) in [5.41, 5.74) is 1.37. The van der Waals surface area contributed by atoms with Crippen molar-refractivity contribution in [2.75, 3.05) is 26.3 Å². The first-order valence-corrected chi connectivity index (χ1v) is 10.6. The molecule has 1 atom stereocenters. The van der Waals surface area contributed by atoms with Crippen molar-refractivity contribution in [2.24, 2.45) is 5.92 Å². The van der Waals surface area contributed by atoms with Crippen molar-refractivity contribution in [3.63, 3.8) is 0 Å². The Balaban J connectivity index is 0.000000360. The number of rotatable bonds is 5. The lowest BCUT2D eigenvalue weighted by molar-refractivity contribution is -0.192. The van der Waals surface area contributed by atoms with Crippen LogP contribution in [0.3, 0.4) is 0 Å². The van der Waals surface area contributed by atoms with E-state index < -0.39 is 12.1 Å². The molecule has 0 aliphatic carbocycles. The van der Waals surface area contributed by atoms with Crippen LogP contribution in [0.2, 0.25) is 0 Å². The molecule has 2 aromatic rings. The Morgan fingerprint density at radius 2 is 2.12 bits per heavy atom. The van der Waals surface area contributed by atoms with Gasteiger partial charge in [-0.05, 0) is 25.0 Å². The highest BCUT2D eigenvalue weighted by Gasteiger charge is 2.54. The number of hydrogen-bond acceptors (Lipinski definition) is 7. The summed E-state index contributed by atoms with van der Waals surface area (Å²) >= 11 is 1.50. The van der Waals surface area contributed by atoms with Gasteiger partial charge < -0.3 is 19.5 Å². The van der Waals surface area contributed by atoms with E-state index in [1.54, 1.807) is 6.20 Å². The van der Waals surface area contributed by atoms with Crippen molar-refractivity contribution in [3.05, 3.63) is 46.2 Å². The molecule has 1 N–H and O–H groups in total. The second kappa shape index (κ2) is 9.92. The van der Waals surface area contributed by atoms with Crippen LogP contribution in [-0.2, 0) is 20.9 Å². The van der Waals surface area contributed by atoms with Gasteiger partial charge >= 0.3 is 12.1 Å². The fourth-order valence-electron chi connectivity index (χ4n) is 3.54. The average molecular weight is 473 g/mol. The maximum absolute atomic E-state index is 12.5. The Kier molecular flexibility index (Phi) is 7.47. The summed E-state index contributed by atoms with van der Waals surface area (Å²) in [7, 11) is 0. The Bertz CT molecular complexity index is 932. The zero-order valence-electron chi connectivity index (χ0n) is 17.2. The van der Waals surface area contributed by atoms with E-state index >= 15 is 0 Å². The number of carboxylic acids is 1. The number of aryl methyl sites for hydroxylation is 1. The van der Waals surface area contributed by atoms with Crippen molar-refractivity contribution in [1.82, 2.24) is 14.9 Å². The quantitative estimate of drug-likeness (QED) is 0.713. The molecule has 1 unspecified atom stereocenters. The largest absolute Gasteiger partial charge is 0.490 e. The fourth-order valence-corrected chi connectivity index (χ4v) is 4.13. The van der Waals surface area contributed by atoms with Gasteiger partial charge in [0.15, 0.2) is 0 Å². The van der Waals surface area contributed by atoms with Gasteiger partial charge in [0.25, 0.3) is 5.91 Å². The highest BCUT2D eigenvalue weighted by molar-refractivity contribution is 7.09. The number of thiazole rings is 1. The molecule has 174 valence electrons. The molecular weight excluding hydrogens is 451 g/mol. The molecule has 2 aliphatic rings. The first-order chi connectivity index (χ1) is 15.1. The molecule has 0 bridgehead atoms. The molecule has 0 radical (unpaired) electrons. The van der Waals surface area contributed by atoms with Crippen LogP contribution in [0, 0.1) is 12.8 Å². The molecule has 2 saturated heterocycles. The van der Waals surface area contributed by atoms with E-state index in [9.17, 15) is 18.0 Å². The minimum Gasteiger partial charge on any atom is -0.475 e. The highest BCUT2D eigenvalue weighted by Crippen LogP contribution is 2.40. The molecule has 0 saturated carbocycles. The van der Waals surface area contributed by atoms with E-state index in [1.165, 1.54) is 11.3 Å². The molecule has 1 spiro atoms. The molecule has 4 rings (SSSR count). The molecule has 4 heterocycles. The maximum Gasteiger partial charge on any atom is 0.490 e. The van der Waals surface area contributed by atoms with Gasteiger partial charge in [-0.1, -0.05) is 6.07 Å². The van der Waals surface area contributed by atoms with E-state index in [0.29, 0.717) is 37.9 Å². The number of alkyl halides is 3. The molecule has 32 heavy (non-hydrogen) atoms. The summed E-state index contributed by atoms with van der Waals surface area (Å²) in [6.45, 7) is 5.11. The zero-order valence-corrected chi connectivity index (χ0v) is 18.0. The number of aromatic nitrogens is 2. The summed E-state index contributed by atoms with van der Waals surface area (Å²) in [6.07, 6.45) is -0.529. The number of aliphatic carboxylic acids is 1. The van der Waals surface area contributed by atoms with Gasteiger partial charge in [-0.15, -0.1) is 11.3 Å². The van der Waals surface area contributed by atoms with Gasteiger partial charge in [0.05, 0.1) is 31.3 Å². The SMILES string of the molecule is Cc1nc(C(=O)N2CC3(C2)OCCC3COCc2cccnc2)cs1.O=C(O)C(F)(F)F. The predicted octanol–water partition coefficient (Wildman–Crippen LogP) is 2.93. The number of carbonyl (C=O) groups excluding carboxylic acids is 1. The third-order valence-corrected chi connectivity index (χ3v) is 5.97. The van der Waals surface area contributed by atoms with Crippen LogP contribution in [0.25, 0.3) is 0 Å². The Morgan fingerprint density at radius 3 is 2.69 bits per heavy atom. The first kappa shape index (κ1) is 24.1. The smallest absolute Gasteiger partial charge is 0.475 e. The number of pyridine rings is 1. The first-order valence-electron chi connectivity index (χ1n) is 9.73. The number of hydrogen-bond donors (Lipinski definition) is 1. The highest BCUT2D eigenvalue weighted by atomic mass is 32.1. The van der Waals surface area contributed by atoms with Crippen LogP contribution in [0.5, 0.6) is 0 Å². The summed E-state index contributed by atoms with van der Waals surface area (Å²) < 4.78 is 43.6. The number of halogens is 3. The normalized spacial score (nSPS) is 19.2. The second-order valence-electron chi connectivity index (χ2n) is 7.49. The Morgan fingerprint density at radius 1 is 1.41 bits per heavy atom. The summed E-state index contributed by atoms with van der Waals surface area (Å²) in [5.74, 6) is -2.43. The number of nitrogens with zero attached hydrogens (tertiary/aromatic N) is 3. The van der Waals surface area contributed by atoms with Gasteiger partial charge in [0.1, 0.15) is 11.3 Å². The lowest BCUT2D eigenvalue weighted by Gasteiger charge is -2.49. The standard InChI is InChI=1S/C18H21N3O3S.C2HF3O2/c1-13-20-16(10-25-13)17(22)21-11-18(12-21)15(4-6-24-18)9-23-8-14-3-2-5-19-7-14;3-2(4,5)1(6)7/h2-3,5,7,10,15H,4,6,8-9,11-12H2,1H3;(H,6,7). The van der Waals surface area contributed by atoms with Crippen LogP contribution in [0.15, 0.2) is 29.9 Å². The topological polar surface area (TPSA) is 102 Å². The lowest BCUT2D eigenvalue weighted by atomic mass is 9.81. The van der Waals surface area contributed by atoms with E-state index in [2.05, 4.69) is 9.97 Å². The van der Waals surface area contributed by atoms with Crippen molar-refractivity contribution in [3.8, 4) is 0 Å². The third kappa shape index (κ3) is 5.81. The minimum atomic E-state index is -5.08. The van der Waals surface area contributed by atoms with Crippen LogP contribution in [-0.4, -0.2) is 69.9 Å². The summed E-state index contributed by atoms with van der Waals surface area (Å²) in [6, 6.07) is 3.92. The van der Waals surface area contributed by atoms with Crippen molar-refractivity contribution < 1.29 is 37.3 Å². The molecular formula is C20H22F3N3O5S. The van der Waals surface area contributed by atoms with Crippen LogP contribution >= 0.6 is 11.3 Å². The fraction of sp³-hybridized carbons (Fsp3) is 0.500. The molecule has 1 amide bonds. The average Bonchev–Trinajstić information content (AvgIpc) is 3.33. The molecule has 2 aliphatic heterocycles. The molecule has 12 heteroatoms. The van der Waals surface area contributed by atoms with Gasteiger partial charge in [0.2, 0.25) is 0 Å². The summed E-state index contributed by atoms with van der Waals surface area (Å²) in [4.78, 5) is 31.6. The third-order valence-electron chi connectivity index (χ3n) is 5.20. The monoisotopic (exact) mass is 473 g/mol. The van der Waals surface area contributed by atoms with Crippen molar-refractivity contribution >= 4 is 23.2 Å². The van der Waals surface area contributed by atoms with Gasteiger partial charge in [0, 0.05) is 30.3 Å². The van der Waals surface area contributed by atoms with Gasteiger partial charge in [-0.2, -0.15) is 13.2 Å². The Hall–Kier alpha value is -2.57. The van der Waals surface area contributed by atoms with Gasteiger partial charge in [-0.25, -0.2) is 9.78 Å². The maximum atomic E-state index is 12.5. The van der Waals surface area contributed by atoms with E-state index in [-0.39, 0.29) is 11.5 Å². The molecule has 2 aromatic heterocycles. The number of carbonyl (C=O) groups is 2. The van der Waals surface area contributed by atoms with E-state index in [0.717, 1.165) is 23.6 Å². The van der Waals surface area contributed by atoms with E-state index in [4.69, 9.17) is 19.4 Å². The number of amides is 1. The van der Waals surface area contributed by atoms with Crippen molar-refractivity contribution in [2.45, 2.75) is 31.7 Å². The van der Waals surface area contributed by atoms with Crippen LogP contribution < -0.4 is 0 Å². The van der Waals surface area contributed by atoms with E-state index in [1.807, 2.05) is 35.5 Å². The van der Waals surface area contributed by atoms with Crippen LogP contribution in [0.1, 0.15) is 27.5 Å². The molecule has 0 aromatic carbocycles. The van der Waals surface area contributed by atoms with Crippen molar-refractivity contribution in [1.29, 1.82) is 0 Å². The molecule has 2 fully saturated rings. The zero-order chi connectivity index (χ0) is 23.4.